The third kappa shape index (κ3) is 4.72. The fourth-order valence-electron chi connectivity index (χ4n) is 2.53. The first-order chi connectivity index (χ1) is 11.3. The maximum atomic E-state index is 12.6. The molecule has 1 aliphatic heterocycles. The van der Waals surface area contributed by atoms with Gasteiger partial charge in [0.2, 0.25) is 0 Å². The van der Waals surface area contributed by atoms with Crippen molar-refractivity contribution >= 4 is 12.0 Å². The number of rotatable bonds is 1. The smallest absolute Gasteiger partial charge is 0.410 e. The molecule has 2 amide bonds. The maximum absolute atomic E-state index is 12.6. The number of nitriles is 1. The van der Waals surface area contributed by atoms with Crippen LogP contribution in [0, 0.1) is 11.3 Å². The van der Waals surface area contributed by atoms with Crippen LogP contribution in [0.2, 0.25) is 0 Å². The van der Waals surface area contributed by atoms with Gasteiger partial charge < -0.3 is 14.5 Å². The highest BCUT2D eigenvalue weighted by atomic mass is 16.6. The normalized spacial score (nSPS) is 15.4. The van der Waals surface area contributed by atoms with E-state index in [1.165, 1.54) is 0 Å². The second-order valence-corrected chi connectivity index (χ2v) is 6.81. The van der Waals surface area contributed by atoms with E-state index in [4.69, 9.17) is 10.00 Å². The molecule has 0 spiro atoms. The molecule has 0 aliphatic carbocycles. The van der Waals surface area contributed by atoms with Crippen LogP contribution >= 0.6 is 0 Å². The number of amides is 2. The van der Waals surface area contributed by atoms with Gasteiger partial charge in [-0.2, -0.15) is 5.26 Å². The molecule has 24 heavy (non-hydrogen) atoms. The first kappa shape index (κ1) is 17.8. The summed E-state index contributed by atoms with van der Waals surface area (Å²) in [4.78, 5) is 28.1. The van der Waals surface area contributed by atoms with Crippen molar-refractivity contribution in [1.29, 1.82) is 5.26 Å². The van der Waals surface area contributed by atoms with Crippen LogP contribution < -0.4 is 0 Å². The minimum Gasteiger partial charge on any atom is -0.444 e. The summed E-state index contributed by atoms with van der Waals surface area (Å²) in [6.07, 6.45) is 0.353. The molecule has 1 aromatic carbocycles. The van der Waals surface area contributed by atoms with Crippen molar-refractivity contribution in [2.24, 2.45) is 0 Å². The van der Waals surface area contributed by atoms with E-state index >= 15 is 0 Å². The molecule has 1 aromatic rings. The highest BCUT2D eigenvalue weighted by molar-refractivity contribution is 5.94. The molecule has 1 heterocycles. The van der Waals surface area contributed by atoms with Crippen molar-refractivity contribution < 1.29 is 14.3 Å². The third-order valence-corrected chi connectivity index (χ3v) is 3.67. The van der Waals surface area contributed by atoms with Crippen LogP contribution in [0.5, 0.6) is 0 Å². The van der Waals surface area contributed by atoms with Crippen LogP contribution in [0.3, 0.4) is 0 Å². The second-order valence-electron chi connectivity index (χ2n) is 6.81. The lowest BCUT2D eigenvalue weighted by atomic mass is 10.1. The Balaban J connectivity index is 2.01. The number of nitrogens with zero attached hydrogens (tertiary/aromatic N) is 3. The van der Waals surface area contributed by atoms with Crippen LogP contribution in [0.4, 0.5) is 4.79 Å². The topological polar surface area (TPSA) is 73.6 Å². The Kier molecular flexibility index (Phi) is 5.45. The van der Waals surface area contributed by atoms with Crippen molar-refractivity contribution in [3.8, 4) is 6.07 Å². The largest absolute Gasteiger partial charge is 0.444 e. The summed E-state index contributed by atoms with van der Waals surface area (Å²) < 4.78 is 5.39. The maximum Gasteiger partial charge on any atom is 0.410 e. The molecule has 0 radical (unpaired) electrons. The number of hydrogen-bond acceptors (Lipinski definition) is 4. The standard InChI is InChI=1S/C18H23N3O3/c1-18(2,3)24-17(23)21-9-5-8-20(10-11-21)16(22)15-7-4-6-14(12-15)13-19/h4,6-7,12H,5,8-11H2,1-3H3. The van der Waals surface area contributed by atoms with E-state index in [1.54, 1.807) is 34.1 Å². The van der Waals surface area contributed by atoms with Gasteiger partial charge in [-0.15, -0.1) is 0 Å². The van der Waals surface area contributed by atoms with E-state index in [9.17, 15) is 9.59 Å². The number of benzene rings is 1. The van der Waals surface area contributed by atoms with Gasteiger partial charge in [0.05, 0.1) is 11.6 Å². The van der Waals surface area contributed by atoms with Crippen LogP contribution in [-0.4, -0.2) is 53.6 Å². The molecule has 0 bridgehead atoms. The Morgan fingerprint density at radius 2 is 1.79 bits per heavy atom. The highest BCUT2D eigenvalue weighted by Gasteiger charge is 2.26. The van der Waals surface area contributed by atoms with Crippen molar-refractivity contribution in [3.05, 3.63) is 35.4 Å². The minimum atomic E-state index is -0.531. The molecule has 128 valence electrons. The average molecular weight is 329 g/mol. The average Bonchev–Trinajstić information content (AvgIpc) is 2.78. The van der Waals surface area contributed by atoms with Crippen molar-refractivity contribution in [2.75, 3.05) is 26.2 Å². The van der Waals surface area contributed by atoms with Gasteiger partial charge in [-0.1, -0.05) is 6.07 Å². The third-order valence-electron chi connectivity index (χ3n) is 3.67. The van der Waals surface area contributed by atoms with Crippen LogP contribution in [0.1, 0.15) is 43.1 Å². The molecular formula is C18H23N3O3. The number of carbonyl (C=O) groups excluding carboxylic acids is 2. The molecule has 6 nitrogen and oxygen atoms in total. The summed E-state index contributed by atoms with van der Waals surface area (Å²) in [5.74, 6) is -0.113. The van der Waals surface area contributed by atoms with Gasteiger partial charge in [0.25, 0.3) is 5.91 Å². The fourth-order valence-corrected chi connectivity index (χ4v) is 2.53. The minimum absolute atomic E-state index is 0.113. The summed E-state index contributed by atoms with van der Waals surface area (Å²) >= 11 is 0. The van der Waals surface area contributed by atoms with E-state index in [0.29, 0.717) is 43.7 Å². The number of ether oxygens (including phenoxy) is 1. The molecular weight excluding hydrogens is 306 g/mol. The van der Waals surface area contributed by atoms with E-state index in [1.807, 2.05) is 26.8 Å². The van der Waals surface area contributed by atoms with Gasteiger partial charge in [-0.3, -0.25) is 4.79 Å². The molecule has 1 aliphatic rings. The van der Waals surface area contributed by atoms with Crippen LogP contribution in [0.25, 0.3) is 0 Å². The summed E-state index contributed by atoms with van der Waals surface area (Å²) in [6, 6.07) is 8.72. The van der Waals surface area contributed by atoms with Crippen molar-refractivity contribution in [3.63, 3.8) is 0 Å². The lowest BCUT2D eigenvalue weighted by molar-refractivity contribution is 0.0255. The fraction of sp³-hybridized carbons (Fsp3) is 0.500. The lowest BCUT2D eigenvalue weighted by Gasteiger charge is -2.26. The monoisotopic (exact) mass is 329 g/mol. The molecule has 1 saturated heterocycles. The van der Waals surface area contributed by atoms with E-state index < -0.39 is 5.60 Å². The van der Waals surface area contributed by atoms with Crippen molar-refractivity contribution in [1.82, 2.24) is 9.80 Å². The molecule has 1 fully saturated rings. The number of carbonyl (C=O) groups is 2. The van der Waals surface area contributed by atoms with Gasteiger partial charge in [0, 0.05) is 31.7 Å². The quantitative estimate of drug-likeness (QED) is 0.794. The van der Waals surface area contributed by atoms with E-state index in [0.717, 1.165) is 0 Å². The molecule has 6 heteroatoms. The summed E-state index contributed by atoms with van der Waals surface area (Å²) in [5, 5.41) is 8.95. The zero-order valence-electron chi connectivity index (χ0n) is 14.4. The van der Waals surface area contributed by atoms with Gasteiger partial charge in [-0.05, 0) is 45.4 Å². The summed E-state index contributed by atoms with van der Waals surface area (Å²) in [7, 11) is 0. The predicted molar refractivity (Wildman–Crippen MR) is 89.5 cm³/mol. The lowest BCUT2D eigenvalue weighted by Crippen LogP contribution is -2.40. The zero-order chi connectivity index (χ0) is 17.7. The van der Waals surface area contributed by atoms with E-state index in [2.05, 4.69) is 0 Å². The van der Waals surface area contributed by atoms with Gasteiger partial charge in [0.15, 0.2) is 0 Å². The van der Waals surface area contributed by atoms with E-state index in [-0.39, 0.29) is 12.0 Å². The Hall–Kier alpha value is -2.55. The summed E-state index contributed by atoms with van der Waals surface area (Å²) in [5.41, 5.74) is 0.433. The van der Waals surface area contributed by atoms with Crippen molar-refractivity contribution in [2.45, 2.75) is 32.8 Å². The Morgan fingerprint density at radius 3 is 2.46 bits per heavy atom. The molecule has 0 saturated carbocycles. The Labute approximate surface area is 142 Å². The van der Waals surface area contributed by atoms with Gasteiger partial charge >= 0.3 is 6.09 Å². The first-order valence-electron chi connectivity index (χ1n) is 8.07. The van der Waals surface area contributed by atoms with Gasteiger partial charge in [0.1, 0.15) is 5.60 Å². The molecule has 2 rings (SSSR count). The first-order valence-corrected chi connectivity index (χ1v) is 8.07. The second kappa shape index (κ2) is 7.35. The van der Waals surface area contributed by atoms with Gasteiger partial charge in [-0.25, -0.2) is 4.79 Å². The molecule has 0 unspecified atom stereocenters. The SMILES string of the molecule is CC(C)(C)OC(=O)N1CCCN(C(=O)c2cccc(C#N)c2)CC1. The molecule has 0 N–H and O–H groups in total. The highest BCUT2D eigenvalue weighted by Crippen LogP contribution is 2.14. The van der Waals surface area contributed by atoms with Crippen LogP contribution in [-0.2, 0) is 4.74 Å². The van der Waals surface area contributed by atoms with Crippen LogP contribution in [0.15, 0.2) is 24.3 Å². The molecule has 0 atom stereocenters. The Morgan fingerprint density at radius 1 is 1.12 bits per heavy atom. The molecule has 0 aromatic heterocycles. The number of hydrogen-bond donors (Lipinski definition) is 0. The predicted octanol–water partition coefficient (Wildman–Crippen LogP) is 2.64. The zero-order valence-corrected chi connectivity index (χ0v) is 14.4. The Bertz CT molecular complexity index is 658. The summed E-state index contributed by atoms with van der Waals surface area (Å²) in [6.45, 7) is 7.54.